The fraction of sp³-hybridized carbons (Fsp3) is 0.278. The minimum atomic E-state index is -4.42. The summed E-state index contributed by atoms with van der Waals surface area (Å²) in [6.07, 6.45) is -1.27. The highest BCUT2D eigenvalue weighted by Crippen LogP contribution is 2.29. The van der Waals surface area contributed by atoms with Crippen molar-refractivity contribution < 1.29 is 22.7 Å². The summed E-state index contributed by atoms with van der Waals surface area (Å²) in [6, 6.07) is 11.1. The SMILES string of the molecule is CCCCc1ccc(OC(=O)c2ccc(C(F)(F)F)cc2)cc1. The number of hydrogen-bond donors (Lipinski definition) is 0. The molecule has 0 heterocycles. The molecule has 0 bridgehead atoms. The van der Waals surface area contributed by atoms with Crippen LogP contribution in [0.5, 0.6) is 5.75 Å². The zero-order valence-corrected chi connectivity index (χ0v) is 12.7. The predicted molar refractivity (Wildman–Crippen MR) is 81.5 cm³/mol. The molecule has 2 rings (SSSR count). The zero-order chi connectivity index (χ0) is 16.9. The number of hydrogen-bond acceptors (Lipinski definition) is 2. The molecule has 0 unspecified atom stereocenters. The van der Waals surface area contributed by atoms with Gasteiger partial charge in [0, 0.05) is 0 Å². The molecule has 0 atom stereocenters. The highest BCUT2D eigenvalue weighted by Gasteiger charge is 2.30. The first kappa shape index (κ1) is 17.1. The van der Waals surface area contributed by atoms with Crippen molar-refractivity contribution in [2.24, 2.45) is 0 Å². The Kier molecular flexibility index (Phi) is 5.42. The maximum atomic E-state index is 12.5. The largest absolute Gasteiger partial charge is 0.423 e. The average molecular weight is 322 g/mol. The summed E-state index contributed by atoms with van der Waals surface area (Å²) >= 11 is 0. The number of ether oxygens (including phenoxy) is 1. The van der Waals surface area contributed by atoms with Crippen LogP contribution >= 0.6 is 0 Å². The minimum absolute atomic E-state index is 0.0769. The number of alkyl halides is 3. The van der Waals surface area contributed by atoms with Crippen LogP contribution in [0.15, 0.2) is 48.5 Å². The Hall–Kier alpha value is -2.30. The van der Waals surface area contributed by atoms with Crippen LogP contribution in [0.2, 0.25) is 0 Å². The summed E-state index contributed by atoms with van der Waals surface area (Å²) < 4.78 is 42.6. The molecule has 0 aromatic heterocycles. The van der Waals surface area contributed by atoms with E-state index < -0.39 is 17.7 Å². The van der Waals surface area contributed by atoms with E-state index in [-0.39, 0.29) is 5.56 Å². The van der Waals surface area contributed by atoms with Gasteiger partial charge in [-0.2, -0.15) is 13.2 Å². The fourth-order valence-electron chi connectivity index (χ4n) is 2.07. The number of esters is 1. The van der Waals surface area contributed by atoms with E-state index in [1.165, 1.54) is 0 Å². The molecule has 0 radical (unpaired) electrons. The molecular weight excluding hydrogens is 305 g/mol. The van der Waals surface area contributed by atoms with Crippen LogP contribution in [0.4, 0.5) is 13.2 Å². The lowest BCUT2D eigenvalue weighted by Gasteiger charge is -2.08. The maximum absolute atomic E-state index is 12.5. The number of carbonyl (C=O) groups excluding carboxylic acids is 1. The maximum Gasteiger partial charge on any atom is 0.416 e. The zero-order valence-electron chi connectivity index (χ0n) is 12.7. The Morgan fingerprint density at radius 3 is 2.13 bits per heavy atom. The van der Waals surface area contributed by atoms with Gasteiger partial charge >= 0.3 is 12.1 Å². The van der Waals surface area contributed by atoms with Crippen molar-refractivity contribution in [3.05, 3.63) is 65.2 Å². The van der Waals surface area contributed by atoms with Gasteiger partial charge in [0.25, 0.3) is 0 Å². The summed E-state index contributed by atoms with van der Waals surface area (Å²) in [5.74, 6) is -0.310. The molecule has 122 valence electrons. The number of carbonyl (C=O) groups is 1. The van der Waals surface area contributed by atoms with Crippen LogP contribution < -0.4 is 4.74 Å². The van der Waals surface area contributed by atoms with Crippen molar-refractivity contribution in [2.75, 3.05) is 0 Å². The topological polar surface area (TPSA) is 26.3 Å². The lowest BCUT2D eigenvalue weighted by atomic mass is 10.1. The van der Waals surface area contributed by atoms with Crippen molar-refractivity contribution >= 4 is 5.97 Å². The molecule has 2 nitrogen and oxygen atoms in total. The monoisotopic (exact) mass is 322 g/mol. The molecule has 0 amide bonds. The third kappa shape index (κ3) is 4.84. The molecule has 0 aliphatic carbocycles. The Balaban J connectivity index is 2.01. The van der Waals surface area contributed by atoms with Gasteiger partial charge in [-0.3, -0.25) is 0 Å². The Morgan fingerprint density at radius 1 is 1.00 bits per heavy atom. The molecule has 0 aliphatic rings. The van der Waals surface area contributed by atoms with Crippen molar-refractivity contribution in [2.45, 2.75) is 32.4 Å². The molecule has 0 fully saturated rings. The van der Waals surface area contributed by atoms with Crippen LogP contribution in [0.1, 0.15) is 41.3 Å². The quantitative estimate of drug-likeness (QED) is 0.554. The number of unbranched alkanes of at least 4 members (excludes halogenated alkanes) is 1. The van der Waals surface area contributed by atoms with Gasteiger partial charge in [0.05, 0.1) is 11.1 Å². The van der Waals surface area contributed by atoms with Crippen molar-refractivity contribution in [3.8, 4) is 5.75 Å². The Bertz CT molecular complexity index is 643. The normalized spacial score (nSPS) is 11.3. The van der Waals surface area contributed by atoms with E-state index in [0.717, 1.165) is 49.1 Å². The standard InChI is InChI=1S/C18H17F3O2/c1-2-3-4-13-5-11-16(12-6-13)23-17(22)14-7-9-15(10-8-14)18(19,20)21/h5-12H,2-4H2,1H3. The number of halogens is 3. The van der Waals surface area contributed by atoms with Gasteiger partial charge in [-0.05, 0) is 54.8 Å². The van der Waals surface area contributed by atoms with E-state index in [1.54, 1.807) is 12.1 Å². The number of benzene rings is 2. The number of rotatable bonds is 5. The van der Waals surface area contributed by atoms with E-state index in [0.29, 0.717) is 5.75 Å². The first-order valence-electron chi connectivity index (χ1n) is 7.38. The molecule has 2 aromatic rings. The lowest BCUT2D eigenvalue weighted by molar-refractivity contribution is -0.137. The summed E-state index contributed by atoms with van der Waals surface area (Å²) in [5, 5.41) is 0. The van der Waals surface area contributed by atoms with Gasteiger partial charge in [0.15, 0.2) is 0 Å². The molecule has 0 N–H and O–H groups in total. The molecule has 2 aromatic carbocycles. The molecule has 23 heavy (non-hydrogen) atoms. The highest BCUT2D eigenvalue weighted by molar-refractivity contribution is 5.91. The predicted octanol–water partition coefficient (Wildman–Crippen LogP) is 5.27. The summed E-state index contributed by atoms with van der Waals surface area (Å²) in [7, 11) is 0. The second kappa shape index (κ2) is 7.31. The van der Waals surface area contributed by atoms with Crippen LogP contribution in [-0.4, -0.2) is 5.97 Å². The molecule has 0 spiro atoms. The van der Waals surface area contributed by atoms with Crippen LogP contribution in [0.3, 0.4) is 0 Å². The lowest BCUT2D eigenvalue weighted by Crippen LogP contribution is -2.10. The van der Waals surface area contributed by atoms with Crippen LogP contribution in [0.25, 0.3) is 0 Å². The fourth-order valence-corrected chi connectivity index (χ4v) is 2.07. The molecule has 5 heteroatoms. The average Bonchev–Trinajstić information content (AvgIpc) is 2.53. The van der Waals surface area contributed by atoms with E-state index in [4.69, 9.17) is 4.74 Å². The molecule has 0 saturated carbocycles. The van der Waals surface area contributed by atoms with Gasteiger partial charge in [-0.15, -0.1) is 0 Å². The summed E-state index contributed by atoms with van der Waals surface area (Å²) in [5.41, 5.74) is 0.434. The summed E-state index contributed by atoms with van der Waals surface area (Å²) in [4.78, 5) is 11.9. The van der Waals surface area contributed by atoms with Crippen LogP contribution in [0, 0.1) is 0 Å². The van der Waals surface area contributed by atoms with E-state index in [2.05, 4.69) is 6.92 Å². The van der Waals surface area contributed by atoms with Gasteiger partial charge in [0.1, 0.15) is 5.75 Å². The number of aryl methyl sites for hydroxylation is 1. The Morgan fingerprint density at radius 2 is 1.61 bits per heavy atom. The first-order valence-corrected chi connectivity index (χ1v) is 7.38. The van der Waals surface area contributed by atoms with E-state index >= 15 is 0 Å². The van der Waals surface area contributed by atoms with E-state index in [9.17, 15) is 18.0 Å². The molecular formula is C18H17F3O2. The smallest absolute Gasteiger partial charge is 0.416 e. The van der Waals surface area contributed by atoms with E-state index in [1.807, 2.05) is 12.1 Å². The second-order valence-corrected chi connectivity index (χ2v) is 5.21. The molecule has 0 saturated heterocycles. The van der Waals surface area contributed by atoms with Crippen LogP contribution in [-0.2, 0) is 12.6 Å². The van der Waals surface area contributed by atoms with Gasteiger partial charge < -0.3 is 4.74 Å². The Labute approximate surface area is 132 Å². The van der Waals surface area contributed by atoms with Crippen molar-refractivity contribution in [3.63, 3.8) is 0 Å². The summed E-state index contributed by atoms with van der Waals surface area (Å²) in [6.45, 7) is 2.11. The first-order chi connectivity index (χ1) is 10.9. The van der Waals surface area contributed by atoms with Gasteiger partial charge in [-0.25, -0.2) is 4.79 Å². The highest BCUT2D eigenvalue weighted by atomic mass is 19.4. The van der Waals surface area contributed by atoms with Gasteiger partial charge in [0.2, 0.25) is 0 Å². The third-order valence-corrected chi connectivity index (χ3v) is 3.40. The van der Waals surface area contributed by atoms with Crippen molar-refractivity contribution in [1.29, 1.82) is 0 Å². The van der Waals surface area contributed by atoms with Crippen molar-refractivity contribution in [1.82, 2.24) is 0 Å². The molecule has 0 aliphatic heterocycles. The second-order valence-electron chi connectivity index (χ2n) is 5.21. The third-order valence-electron chi connectivity index (χ3n) is 3.40. The minimum Gasteiger partial charge on any atom is -0.423 e. The van der Waals surface area contributed by atoms with Gasteiger partial charge in [-0.1, -0.05) is 25.5 Å².